The molecular weight excluding hydrogens is 831 g/mol. The van der Waals surface area contributed by atoms with Crippen molar-refractivity contribution in [3.63, 3.8) is 0 Å². The summed E-state index contributed by atoms with van der Waals surface area (Å²) in [5, 5.41) is 18.2. The topological polar surface area (TPSA) is 275 Å². The summed E-state index contributed by atoms with van der Waals surface area (Å²) in [6.45, 7) is 1.82. The highest BCUT2D eigenvalue weighted by molar-refractivity contribution is 5.98. The molecule has 350 valence electrons. The Labute approximate surface area is 379 Å². The van der Waals surface area contributed by atoms with Crippen LogP contribution in [0, 0.1) is 5.92 Å². The third-order valence-electron chi connectivity index (χ3n) is 12.6. The van der Waals surface area contributed by atoms with Crippen LogP contribution in [0.15, 0.2) is 65.8 Å². The minimum atomic E-state index is -1.14. The van der Waals surface area contributed by atoms with Crippen molar-refractivity contribution in [2.45, 2.75) is 133 Å². The van der Waals surface area contributed by atoms with Gasteiger partial charge in [0.1, 0.15) is 36.3 Å². The molecule has 2 aliphatic heterocycles. The zero-order valence-electron chi connectivity index (χ0n) is 37.2. The Morgan fingerprint density at radius 1 is 0.800 bits per heavy atom. The first-order chi connectivity index (χ1) is 31.4. The largest absolute Gasteiger partial charge is 0.370 e. The van der Waals surface area contributed by atoms with Gasteiger partial charge in [0, 0.05) is 56.5 Å². The molecule has 65 heavy (non-hydrogen) atoms. The highest BCUT2D eigenvalue weighted by Crippen LogP contribution is 2.28. The van der Waals surface area contributed by atoms with Crippen LogP contribution in [0.1, 0.15) is 95.1 Å². The van der Waals surface area contributed by atoms with Gasteiger partial charge in [0.05, 0.1) is 0 Å². The number of carbonyl (C=O) groups excluding carboxylic acids is 7. The predicted octanol–water partition coefficient (Wildman–Crippen LogP) is 1.32. The Hall–Kier alpha value is -6.46. The Morgan fingerprint density at radius 3 is 2.26 bits per heavy atom. The minimum Gasteiger partial charge on any atom is -0.370 e. The lowest BCUT2D eigenvalue weighted by molar-refractivity contribution is -0.142. The van der Waals surface area contributed by atoms with Crippen molar-refractivity contribution in [2.75, 3.05) is 19.6 Å². The van der Waals surface area contributed by atoms with E-state index in [2.05, 4.69) is 41.9 Å². The van der Waals surface area contributed by atoms with Crippen molar-refractivity contribution in [3.8, 4) is 0 Å². The van der Waals surface area contributed by atoms with Crippen LogP contribution >= 0.6 is 0 Å². The van der Waals surface area contributed by atoms with Gasteiger partial charge in [-0.25, -0.2) is 0 Å². The maximum atomic E-state index is 14.6. The molecule has 1 saturated carbocycles. The number of aromatic nitrogens is 1. The van der Waals surface area contributed by atoms with Gasteiger partial charge in [-0.15, -0.1) is 0 Å². The minimum absolute atomic E-state index is 0.0696. The van der Waals surface area contributed by atoms with Gasteiger partial charge in [0.15, 0.2) is 5.96 Å². The molecule has 3 heterocycles. The number of hydrogen-bond acceptors (Lipinski definition) is 8. The fourth-order valence-electron chi connectivity index (χ4n) is 9.28. The van der Waals surface area contributed by atoms with Crippen molar-refractivity contribution >= 4 is 58.2 Å². The fraction of sp³-hybridized carbons (Fsp3) is 0.532. The average Bonchev–Trinajstić information content (AvgIpc) is 3.95. The number of aliphatic imine (C=N–C) groups is 1. The zero-order valence-corrected chi connectivity index (χ0v) is 37.2. The number of carbonyl (C=O) groups is 7. The van der Waals surface area contributed by atoms with E-state index in [1.54, 1.807) is 6.20 Å². The molecule has 2 saturated heterocycles. The molecule has 6 atom stereocenters. The fourth-order valence-corrected chi connectivity index (χ4v) is 9.28. The van der Waals surface area contributed by atoms with Gasteiger partial charge in [-0.2, -0.15) is 0 Å². The summed E-state index contributed by atoms with van der Waals surface area (Å²) in [6, 6.07) is 10.5. The molecule has 2 aromatic carbocycles. The summed E-state index contributed by atoms with van der Waals surface area (Å²) in [7, 11) is 0. The lowest BCUT2D eigenvalue weighted by Crippen LogP contribution is -2.60. The third-order valence-corrected chi connectivity index (χ3v) is 12.6. The number of fused-ring (bicyclic) bond motifs is 2. The van der Waals surface area contributed by atoms with Crippen molar-refractivity contribution in [1.29, 1.82) is 0 Å². The molecule has 1 aromatic heterocycles. The van der Waals surface area contributed by atoms with Crippen LogP contribution in [0.25, 0.3) is 10.9 Å². The summed E-state index contributed by atoms with van der Waals surface area (Å²) in [6.07, 6.45) is 8.88. The second-order valence-electron chi connectivity index (χ2n) is 17.6. The number of amides is 7. The van der Waals surface area contributed by atoms with Crippen molar-refractivity contribution in [3.05, 3.63) is 71.9 Å². The first kappa shape index (κ1) is 48.0. The van der Waals surface area contributed by atoms with Gasteiger partial charge >= 0.3 is 0 Å². The first-order valence-electron chi connectivity index (χ1n) is 23.1. The van der Waals surface area contributed by atoms with E-state index in [1.165, 1.54) is 11.8 Å². The number of H-pyrrole nitrogens is 1. The van der Waals surface area contributed by atoms with Gasteiger partial charge in [0.25, 0.3) is 0 Å². The number of nitrogens with one attached hydrogen (secondary N) is 7. The molecule has 0 bridgehead atoms. The van der Waals surface area contributed by atoms with Crippen LogP contribution in [0.4, 0.5) is 0 Å². The molecule has 1 aliphatic carbocycles. The summed E-state index contributed by atoms with van der Waals surface area (Å²) in [5.41, 5.74) is 13.5. The predicted molar refractivity (Wildman–Crippen MR) is 246 cm³/mol. The molecule has 11 N–H and O–H groups in total. The molecule has 0 spiro atoms. The molecule has 18 heteroatoms. The smallest absolute Gasteiger partial charge is 0.245 e. The Bertz CT molecular complexity index is 2170. The monoisotopic (exact) mass is 896 g/mol. The van der Waals surface area contributed by atoms with Gasteiger partial charge in [-0.1, -0.05) is 80.6 Å². The van der Waals surface area contributed by atoms with E-state index in [9.17, 15) is 33.6 Å². The van der Waals surface area contributed by atoms with Gasteiger partial charge < -0.3 is 53.3 Å². The number of aromatic amines is 1. The number of para-hydroxylation sites is 1. The number of hydrogen-bond donors (Lipinski definition) is 9. The lowest BCUT2D eigenvalue weighted by Gasteiger charge is -2.32. The Balaban J connectivity index is 1.31. The van der Waals surface area contributed by atoms with Crippen LogP contribution in [0.5, 0.6) is 0 Å². The van der Waals surface area contributed by atoms with E-state index in [1.807, 2.05) is 54.6 Å². The molecule has 6 rings (SSSR count). The second kappa shape index (κ2) is 23.5. The quantitative estimate of drug-likeness (QED) is 0.0679. The maximum absolute atomic E-state index is 14.6. The molecule has 3 aliphatic rings. The van der Waals surface area contributed by atoms with Crippen LogP contribution in [0.2, 0.25) is 0 Å². The molecule has 3 fully saturated rings. The average molecular weight is 896 g/mol. The number of guanidine groups is 1. The SMILES string of the molecule is CC(=O)N[C@@H](Cc1ccccc1)C(=O)N[C@H]1CCCNC(=O)[C@H](CCCN=C(N)N)NC(=O)[C@@H](Cc2c[nH]c3ccccc23)NC(=O)[C@@H](CC2CCCCC2)NC(=O)[C@@H]2CCCN2C1=O. The zero-order chi connectivity index (χ0) is 46.3. The lowest BCUT2D eigenvalue weighted by atomic mass is 9.84. The number of benzene rings is 2. The van der Waals surface area contributed by atoms with Crippen molar-refractivity contribution in [1.82, 2.24) is 41.8 Å². The molecule has 0 unspecified atom stereocenters. The first-order valence-corrected chi connectivity index (χ1v) is 23.1. The Morgan fingerprint density at radius 2 is 1.51 bits per heavy atom. The summed E-state index contributed by atoms with van der Waals surface area (Å²) >= 11 is 0. The van der Waals surface area contributed by atoms with E-state index in [4.69, 9.17) is 11.5 Å². The van der Waals surface area contributed by atoms with E-state index in [0.29, 0.717) is 25.7 Å². The molecule has 3 aromatic rings. The highest BCUT2D eigenvalue weighted by atomic mass is 16.2. The van der Waals surface area contributed by atoms with Gasteiger partial charge in [-0.3, -0.25) is 38.6 Å². The van der Waals surface area contributed by atoms with E-state index >= 15 is 0 Å². The van der Waals surface area contributed by atoms with Gasteiger partial charge in [-0.05, 0) is 68.1 Å². The van der Waals surface area contributed by atoms with Crippen molar-refractivity contribution in [2.24, 2.45) is 22.4 Å². The van der Waals surface area contributed by atoms with Gasteiger partial charge in [0.2, 0.25) is 41.4 Å². The number of nitrogens with two attached hydrogens (primary N) is 2. The van der Waals surface area contributed by atoms with Crippen LogP contribution in [-0.2, 0) is 46.4 Å². The normalized spacial score (nSPS) is 23.4. The van der Waals surface area contributed by atoms with E-state index < -0.39 is 77.6 Å². The van der Waals surface area contributed by atoms with Crippen LogP contribution in [0.3, 0.4) is 0 Å². The number of nitrogens with zero attached hydrogens (tertiary/aromatic N) is 2. The summed E-state index contributed by atoms with van der Waals surface area (Å²) in [5.74, 6) is -3.59. The van der Waals surface area contributed by atoms with E-state index in [0.717, 1.165) is 54.1 Å². The standard InChI is InChI=1S/C47H65N11O7/c1-29(59)53-37(25-30-13-4-2-5-14-30)42(61)55-36-20-11-22-50-41(60)35(19-10-23-51-47(48)49)54-44(63)39(27-32-28-52-34-18-9-8-17-33(32)34)56-43(62)38(26-31-15-6-3-7-16-31)57-45(64)40-21-12-24-58(40)46(36)65/h2,4-5,8-9,13-14,17-18,28,31,35-40,52H,3,6-7,10-12,15-16,19-27H2,1H3,(H,50,60)(H,53,59)(H,54,63)(H,55,61)(H,56,62)(H,57,64)(H4,48,49,51)/t35-,36-,37-,38+,39+,40-/m0/s1. The van der Waals surface area contributed by atoms with Crippen molar-refractivity contribution < 1.29 is 33.6 Å². The molecule has 7 amide bonds. The Kier molecular flexibility index (Phi) is 17.3. The third kappa shape index (κ3) is 13.8. The van der Waals surface area contributed by atoms with E-state index in [-0.39, 0.29) is 63.6 Å². The second-order valence-corrected chi connectivity index (χ2v) is 17.6. The number of rotatable bonds is 13. The maximum Gasteiger partial charge on any atom is 0.245 e. The molecular formula is C47H65N11O7. The molecule has 0 radical (unpaired) electrons. The van der Waals surface area contributed by atoms with Crippen LogP contribution in [-0.4, -0.2) is 113 Å². The molecule has 18 nitrogen and oxygen atoms in total. The highest BCUT2D eigenvalue weighted by Gasteiger charge is 2.40. The van der Waals surface area contributed by atoms with Crippen LogP contribution < -0.4 is 43.4 Å². The summed E-state index contributed by atoms with van der Waals surface area (Å²) in [4.78, 5) is 107. The summed E-state index contributed by atoms with van der Waals surface area (Å²) < 4.78 is 0.